The Bertz CT molecular complexity index is 1250. The number of likely N-dealkylation sites (tertiary alicyclic amines) is 1. The van der Waals surface area contributed by atoms with Crippen LogP contribution in [0.3, 0.4) is 0 Å². The Morgan fingerprint density at radius 3 is 2.26 bits per heavy atom. The first kappa shape index (κ1) is 27.7. The second-order valence-corrected chi connectivity index (χ2v) is 10.7. The molecule has 2 aliphatic heterocycles. The lowest BCUT2D eigenvalue weighted by Crippen LogP contribution is -2.35. The van der Waals surface area contributed by atoms with Crippen molar-refractivity contribution in [2.45, 2.75) is 30.9 Å². The van der Waals surface area contributed by atoms with Gasteiger partial charge in [0.25, 0.3) is 0 Å². The fourth-order valence-electron chi connectivity index (χ4n) is 4.53. The molecule has 0 saturated carbocycles. The minimum absolute atomic E-state index is 0.105. The third-order valence-corrected chi connectivity index (χ3v) is 8.18. The van der Waals surface area contributed by atoms with E-state index >= 15 is 0 Å². The maximum atomic E-state index is 13.1. The molecule has 2 fully saturated rings. The second-order valence-electron chi connectivity index (χ2n) is 8.86. The number of ketones is 1. The first-order chi connectivity index (χ1) is 18.4. The van der Waals surface area contributed by atoms with Crippen LogP contribution in [0.2, 0.25) is 0 Å². The number of nitrogens with zero attached hydrogens (tertiary/aromatic N) is 2. The van der Waals surface area contributed by atoms with Gasteiger partial charge >= 0.3 is 0 Å². The number of carbonyl (C=O) groups is 3. The maximum absolute atomic E-state index is 13.1. The van der Waals surface area contributed by atoms with Gasteiger partial charge in [-0.1, -0.05) is 24.0 Å². The number of anilines is 1. The fourth-order valence-corrected chi connectivity index (χ4v) is 6.07. The average Bonchev–Trinajstić information content (AvgIpc) is 3.23. The van der Waals surface area contributed by atoms with Gasteiger partial charge < -0.3 is 19.1 Å². The van der Waals surface area contributed by atoms with E-state index in [1.165, 1.54) is 50.5 Å². The SMILES string of the molecule is COc1ccc(/C=C/C(=O)c2ccc(N3C(=O)C[C@@H](SC(=S)N4CCCCC4)C3=O)cc2)c(OC)c1OC. The third-order valence-electron chi connectivity index (χ3n) is 6.52. The Kier molecular flexibility index (Phi) is 9.06. The average molecular weight is 555 g/mol. The van der Waals surface area contributed by atoms with Crippen LogP contribution in [0, 0.1) is 0 Å². The Labute approximate surface area is 231 Å². The summed E-state index contributed by atoms with van der Waals surface area (Å²) in [4.78, 5) is 41.9. The van der Waals surface area contributed by atoms with Crippen molar-refractivity contribution in [3.8, 4) is 17.2 Å². The normalized spacial score (nSPS) is 17.7. The number of carbonyl (C=O) groups excluding carboxylic acids is 3. The topological polar surface area (TPSA) is 85.4 Å². The predicted molar refractivity (Wildman–Crippen MR) is 152 cm³/mol. The predicted octanol–water partition coefficient (Wildman–Crippen LogP) is 4.74. The lowest BCUT2D eigenvalue weighted by atomic mass is 10.1. The maximum Gasteiger partial charge on any atom is 0.247 e. The number of benzene rings is 2. The van der Waals surface area contributed by atoms with E-state index in [0.29, 0.717) is 38.4 Å². The molecule has 0 unspecified atom stereocenters. The smallest absolute Gasteiger partial charge is 0.247 e. The minimum Gasteiger partial charge on any atom is -0.493 e. The number of rotatable bonds is 8. The van der Waals surface area contributed by atoms with Crippen molar-refractivity contribution in [1.82, 2.24) is 4.90 Å². The highest BCUT2D eigenvalue weighted by atomic mass is 32.2. The van der Waals surface area contributed by atoms with Crippen LogP contribution >= 0.6 is 24.0 Å². The summed E-state index contributed by atoms with van der Waals surface area (Å²) >= 11 is 6.85. The fraction of sp³-hybridized carbons (Fsp3) is 0.357. The lowest BCUT2D eigenvalue weighted by Gasteiger charge is -2.29. The number of thioether (sulfide) groups is 1. The van der Waals surface area contributed by atoms with E-state index in [-0.39, 0.29) is 24.0 Å². The van der Waals surface area contributed by atoms with E-state index in [1.807, 2.05) is 0 Å². The number of hydrogen-bond donors (Lipinski definition) is 0. The van der Waals surface area contributed by atoms with Crippen molar-refractivity contribution in [2.75, 3.05) is 39.3 Å². The van der Waals surface area contributed by atoms with Crippen molar-refractivity contribution in [3.63, 3.8) is 0 Å². The largest absolute Gasteiger partial charge is 0.493 e. The summed E-state index contributed by atoms with van der Waals surface area (Å²) in [5, 5.41) is -0.530. The summed E-state index contributed by atoms with van der Waals surface area (Å²) in [5.74, 6) is 0.607. The minimum atomic E-state index is -0.530. The molecule has 8 nitrogen and oxygen atoms in total. The third kappa shape index (κ3) is 5.86. The Morgan fingerprint density at radius 2 is 1.63 bits per heavy atom. The molecule has 10 heteroatoms. The first-order valence-corrected chi connectivity index (χ1v) is 13.6. The molecule has 0 N–H and O–H groups in total. The molecule has 0 bridgehead atoms. The van der Waals surface area contributed by atoms with E-state index in [2.05, 4.69) is 4.90 Å². The zero-order valence-corrected chi connectivity index (χ0v) is 23.2. The van der Waals surface area contributed by atoms with Crippen molar-refractivity contribution in [1.29, 1.82) is 0 Å². The lowest BCUT2D eigenvalue weighted by molar-refractivity contribution is -0.121. The molecule has 4 rings (SSSR count). The van der Waals surface area contributed by atoms with Crippen molar-refractivity contribution in [3.05, 3.63) is 53.6 Å². The Balaban J connectivity index is 1.44. The summed E-state index contributed by atoms with van der Waals surface area (Å²) in [6.45, 7) is 1.79. The summed E-state index contributed by atoms with van der Waals surface area (Å²) < 4.78 is 16.8. The van der Waals surface area contributed by atoms with Crippen LogP contribution in [0.1, 0.15) is 41.6 Å². The molecule has 38 heavy (non-hydrogen) atoms. The number of imide groups is 1. The highest BCUT2D eigenvalue weighted by Gasteiger charge is 2.41. The molecule has 0 spiro atoms. The molecule has 0 radical (unpaired) electrons. The molecule has 200 valence electrons. The van der Waals surface area contributed by atoms with Crippen LogP contribution in [0.4, 0.5) is 5.69 Å². The van der Waals surface area contributed by atoms with Gasteiger partial charge in [-0.25, -0.2) is 4.90 Å². The summed E-state index contributed by atoms with van der Waals surface area (Å²) in [7, 11) is 4.56. The standard InChI is InChI=1S/C28H30N2O6S2/c1-34-22-14-10-19(25(35-2)26(22)36-3)9-13-21(31)18-7-11-20(12-8-18)30-24(32)17-23(27(30)33)38-28(37)29-15-5-4-6-16-29/h7-14,23H,4-6,15-17H2,1-3H3/b13-9+/t23-/m1/s1. The molecule has 2 amide bonds. The summed E-state index contributed by atoms with van der Waals surface area (Å²) in [5.41, 5.74) is 1.50. The van der Waals surface area contributed by atoms with Gasteiger partial charge in [-0.05, 0) is 67.8 Å². The molecule has 0 aliphatic carbocycles. The van der Waals surface area contributed by atoms with Crippen LogP contribution in [0.5, 0.6) is 17.2 Å². The molecule has 2 aromatic carbocycles. The van der Waals surface area contributed by atoms with Gasteiger partial charge in [-0.15, -0.1) is 0 Å². The zero-order chi connectivity index (χ0) is 27.2. The second kappa shape index (κ2) is 12.4. The molecule has 0 aromatic heterocycles. The van der Waals surface area contributed by atoms with E-state index < -0.39 is 5.25 Å². The van der Waals surface area contributed by atoms with Crippen LogP contribution in [0.25, 0.3) is 6.08 Å². The van der Waals surface area contributed by atoms with Crippen LogP contribution in [0.15, 0.2) is 42.5 Å². The molecule has 1 atom stereocenters. The van der Waals surface area contributed by atoms with E-state index in [0.717, 1.165) is 25.9 Å². The monoisotopic (exact) mass is 554 g/mol. The Hall–Kier alpha value is -3.37. The van der Waals surface area contributed by atoms with E-state index in [1.54, 1.807) is 42.5 Å². The highest BCUT2D eigenvalue weighted by Crippen LogP contribution is 2.40. The number of hydrogen-bond acceptors (Lipinski definition) is 8. The number of allylic oxidation sites excluding steroid dienone is 1. The van der Waals surface area contributed by atoms with Gasteiger partial charge in [0, 0.05) is 30.6 Å². The van der Waals surface area contributed by atoms with Crippen molar-refractivity contribution in [2.24, 2.45) is 0 Å². The first-order valence-electron chi connectivity index (χ1n) is 12.3. The summed E-state index contributed by atoms with van der Waals surface area (Å²) in [6.07, 6.45) is 6.54. The molecular weight excluding hydrogens is 524 g/mol. The number of methoxy groups -OCH3 is 3. The van der Waals surface area contributed by atoms with E-state index in [4.69, 9.17) is 26.4 Å². The molecular formula is C28H30N2O6S2. The van der Waals surface area contributed by atoms with Gasteiger partial charge in [0.05, 0.1) is 27.0 Å². The molecule has 2 aliphatic rings. The van der Waals surface area contributed by atoms with Gasteiger partial charge in [0.1, 0.15) is 9.57 Å². The molecule has 2 saturated heterocycles. The van der Waals surface area contributed by atoms with Crippen LogP contribution < -0.4 is 19.1 Å². The Morgan fingerprint density at radius 1 is 0.947 bits per heavy atom. The molecule has 2 heterocycles. The summed E-state index contributed by atoms with van der Waals surface area (Å²) in [6, 6.07) is 9.94. The molecule has 2 aromatic rings. The van der Waals surface area contributed by atoms with Crippen molar-refractivity contribution >= 4 is 57.7 Å². The number of thiocarbonyl (C=S) groups is 1. The number of ether oxygens (including phenoxy) is 3. The van der Waals surface area contributed by atoms with Gasteiger partial charge in [-0.3, -0.25) is 14.4 Å². The van der Waals surface area contributed by atoms with Gasteiger partial charge in [-0.2, -0.15) is 0 Å². The zero-order valence-electron chi connectivity index (χ0n) is 21.6. The highest BCUT2D eigenvalue weighted by molar-refractivity contribution is 8.23. The van der Waals surface area contributed by atoms with Crippen LogP contribution in [-0.4, -0.2) is 66.5 Å². The van der Waals surface area contributed by atoms with Crippen molar-refractivity contribution < 1.29 is 28.6 Å². The van der Waals surface area contributed by atoms with Gasteiger partial charge in [0.2, 0.25) is 17.6 Å². The number of piperidine rings is 1. The number of amides is 2. The van der Waals surface area contributed by atoms with E-state index in [9.17, 15) is 14.4 Å². The van der Waals surface area contributed by atoms with Crippen LogP contribution in [-0.2, 0) is 9.59 Å². The van der Waals surface area contributed by atoms with Gasteiger partial charge in [0.15, 0.2) is 17.3 Å². The quantitative estimate of drug-likeness (QED) is 0.199.